The summed E-state index contributed by atoms with van der Waals surface area (Å²) in [5, 5.41) is 1.26. The smallest absolute Gasteiger partial charge is 0.119 e. The maximum Gasteiger partial charge on any atom is 0.119 e. The summed E-state index contributed by atoms with van der Waals surface area (Å²) in [7, 11) is 1.73. The van der Waals surface area contributed by atoms with Gasteiger partial charge in [-0.1, -0.05) is 18.2 Å². The van der Waals surface area contributed by atoms with Crippen LogP contribution in [0.5, 0.6) is 5.75 Å². The van der Waals surface area contributed by atoms with Crippen LogP contribution in [-0.2, 0) is 12.8 Å². The van der Waals surface area contributed by atoms with Crippen LogP contribution in [0.4, 0.5) is 5.69 Å². The Balaban J connectivity index is 0.00000150. The molecule has 2 aromatic carbocycles. The molecule has 0 amide bonds. The largest absolute Gasteiger partial charge is 0.497 e. The highest BCUT2D eigenvalue weighted by atomic mass is 79.9. The van der Waals surface area contributed by atoms with E-state index in [0.717, 1.165) is 29.8 Å². The second-order valence-electron chi connectivity index (χ2n) is 7.92. The Morgan fingerprint density at radius 2 is 1.60 bits per heavy atom. The number of aryl methyl sites for hydroxylation is 1. The van der Waals surface area contributed by atoms with E-state index < -0.39 is 0 Å². The van der Waals surface area contributed by atoms with Crippen molar-refractivity contribution in [3.63, 3.8) is 0 Å². The van der Waals surface area contributed by atoms with Crippen molar-refractivity contribution in [2.24, 2.45) is 0 Å². The standard InChI is InChI=1S/C24H28N2O.2BrH.H2O/c1-15(2)26(16(3)4)24-20-8-6-7-9-22(20)25-23-19-13-11-18(27-5)14-17(19)10-12-21(23)24;;;/h6-9,11,13-16H,10,12H2,1-5H3;2*1H;1H2. The number of para-hydroxylation sites is 1. The van der Waals surface area contributed by atoms with Gasteiger partial charge in [0, 0.05) is 28.6 Å². The first kappa shape index (κ1) is 26.4. The molecular weight excluding hydrogens is 508 g/mol. The van der Waals surface area contributed by atoms with Gasteiger partial charge < -0.3 is 15.1 Å². The monoisotopic (exact) mass is 538 g/mol. The molecule has 4 rings (SSSR count). The Bertz CT molecular complexity index is 998. The van der Waals surface area contributed by atoms with Crippen LogP contribution in [0.1, 0.15) is 38.8 Å². The molecule has 1 aliphatic carbocycles. The minimum Gasteiger partial charge on any atom is -0.497 e. The third-order valence-corrected chi connectivity index (χ3v) is 5.55. The van der Waals surface area contributed by atoms with Gasteiger partial charge in [0.05, 0.1) is 24.0 Å². The van der Waals surface area contributed by atoms with Crippen molar-refractivity contribution < 1.29 is 10.2 Å². The number of methoxy groups -OCH3 is 1. The van der Waals surface area contributed by atoms with E-state index >= 15 is 0 Å². The fourth-order valence-electron chi connectivity index (χ4n) is 4.50. The van der Waals surface area contributed by atoms with Crippen molar-refractivity contribution in [1.82, 2.24) is 4.98 Å². The summed E-state index contributed by atoms with van der Waals surface area (Å²) in [4.78, 5) is 7.66. The highest BCUT2D eigenvalue weighted by Crippen LogP contribution is 2.43. The number of ether oxygens (including phenoxy) is 1. The maximum atomic E-state index is 5.43. The predicted molar refractivity (Wildman–Crippen MR) is 138 cm³/mol. The molecule has 0 spiro atoms. The molecule has 0 fully saturated rings. The summed E-state index contributed by atoms with van der Waals surface area (Å²) in [5.74, 6) is 0.921. The molecule has 0 saturated carbocycles. The number of halogens is 2. The lowest BCUT2D eigenvalue weighted by Gasteiger charge is -2.37. The number of rotatable bonds is 4. The number of hydrogen-bond donors (Lipinski definition) is 0. The van der Waals surface area contributed by atoms with E-state index in [2.05, 4.69) is 69.0 Å². The third kappa shape index (κ3) is 4.51. The predicted octanol–water partition coefficient (Wildman–Crippen LogP) is 5.96. The normalized spacial score (nSPS) is 11.7. The van der Waals surface area contributed by atoms with E-state index in [1.54, 1.807) is 7.11 Å². The minimum atomic E-state index is 0. The fourth-order valence-corrected chi connectivity index (χ4v) is 4.50. The maximum absolute atomic E-state index is 5.43. The molecule has 0 bridgehead atoms. The fraction of sp³-hybridized carbons (Fsp3) is 0.375. The SMILES string of the molecule is Br.Br.COc1ccc2c(c1)CCc1c-2nc2ccccc2c1N(C(C)C)C(C)C.O. The van der Waals surface area contributed by atoms with Gasteiger partial charge >= 0.3 is 0 Å². The molecule has 1 aromatic heterocycles. The first-order chi connectivity index (χ1) is 13.0. The van der Waals surface area contributed by atoms with Crippen LogP contribution in [0.3, 0.4) is 0 Å². The van der Waals surface area contributed by atoms with Gasteiger partial charge in [0.1, 0.15) is 5.75 Å². The van der Waals surface area contributed by atoms with Crippen molar-refractivity contribution in [3.8, 4) is 17.0 Å². The van der Waals surface area contributed by atoms with E-state index in [9.17, 15) is 0 Å². The number of anilines is 1. The van der Waals surface area contributed by atoms with Crippen molar-refractivity contribution in [2.75, 3.05) is 12.0 Å². The molecule has 1 aliphatic rings. The minimum absolute atomic E-state index is 0. The second-order valence-corrected chi connectivity index (χ2v) is 7.92. The van der Waals surface area contributed by atoms with Crippen LogP contribution in [0, 0.1) is 0 Å². The molecule has 1 heterocycles. The Morgan fingerprint density at radius 3 is 2.23 bits per heavy atom. The molecule has 0 aliphatic heterocycles. The lowest BCUT2D eigenvalue weighted by atomic mass is 9.86. The highest BCUT2D eigenvalue weighted by Gasteiger charge is 2.27. The molecule has 4 nitrogen and oxygen atoms in total. The van der Waals surface area contributed by atoms with Gasteiger partial charge in [0.15, 0.2) is 0 Å². The Hall–Kier alpha value is -1.63. The van der Waals surface area contributed by atoms with Crippen LogP contribution >= 0.6 is 34.0 Å². The van der Waals surface area contributed by atoms with Gasteiger partial charge in [-0.15, -0.1) is 34.0 Å². The van der Waals surface area contributed by atoms with Gasteiger partial charge in [-0.3, -0.25) is 0 Å². The summed E-state index contributed by atoms with van der Waals surface area (Å²) in [6.07, 6.45) is 2.04. The van der Waals surface area contributed by atoms with E-state index in [0.29, 0.717) is 12.1 Å². The topological polar surface area (TPSA) is 56.9 Å². The van der Waals surface area contributed by atoms with E-state index in [1.165, 1.54) is 27.8 Å². The van der Waals surface area contributed by atoms with Crippen LogP contribution in [0.25, 0.3) is 22.2 Å². The summed E-state index contributed by atoms with van der Waals surface area (Å²) in [6, 6.07) is 15.8. The number of fused-ring (bicyclic) bond motifs is 4. The molecule has 0 unspecified atom stereocenters. The average molecular weight is 540 g/mol. The van der Waals surface area contributed by atoms with Gasteiger partial charge in [0.2, 0.25) is 0 Å². The van der Waals surface area contributed by atoms with Crippen molar-refractivity contribution >= 4 is 50.6 Å². The van der Waals surface area contributed by atoms with Crippen LogP contribution in [0.15, 0.2) is 42.5 Å². The zero-order chi connectivity index (χ0) is 19.1. The molecule has 0 atom stereocenters. The number of pyridine rings is 1. The number of aromatic nitrogens is 1. The zero-order valence-electron chi connectivity index (χ0n) is 18.2. The first-order valence-electron chi connectivity index (χ1n) is 9.88. The van der Waals surface area contributed by atoms with Crippen molar-refractivity contribution in [2.45, 2.75) is 52.6 Å². The third-order valence-electron chi connectivity index (χ3n) is 5.55. The quantitative estimate of drug-likeness (QED) is 0.410. The Kier molecular flexibility index (Phi) is 9.33. The lowest BCUT2D eigenvalue weighted by molar-refractivity contribution is 0.414. The molecule has 0 radical (unpaired) electrons. The van der Waals surface area contributed by atoms with E-state index in [4.69, 9.17) is 9.72 Å². The van der Waals surface area contributed by atoms with Gasteiger partial charge in [0.25, 0.3) is 0 Å². The van der Waals surface area contributed by atoms with Crippen molar-refractivity contribution in [3.05, 3.63) is 53.6 Å². The van der Waals surface area contributed by atoms with E-state index in [-0.39, 0.29) is 39.4 Å². The van der Waals surface area contributed by atoms with Crippen molar-refractivity contribution in [1.29, 1.82) is 0 Å². The van der Waals surface area contributed by atoms with E-state index in [1.807, 2.05) is 6.07 Å². The number of nitrogens with zero attached hydrogens (tertiary/aromatic N) is 2. The van der Waals surface area contributed by atoms with Gasteiger partial charge in [-0.25, -0.2) is 4.98 Å². The highest BCUT2D eigenvalue weighted by molar-refractivity contribution is 8.93. The average Bonchev–Trinajstić information content (AvgIpc) is 2.66. The van der Waals surface area contributed by atoms with Gasteiger partial charge in [-0.05, 0) is 70.4 Å². The molecule has 3 aromatic rings. The summed E-state index contributed by atoms with van der Waals surface area (Å²) < 4.78 is 5.43. The van der Waals surface area contributed by atoms with Crippen LogP contribution < -0.4 is 9.64 Å². The molecule has 0 saturated heterocycles. The Morgan fingerprint density at radius 1 is 0.933 bits per heavy atom. The van der Waals surface area contributed by atoms with Crippen LogP contribution in [-0.4, -0.2) is 29.7 Å². The summed E-state index contributed by atoms with van der Waals surface area (Å²) in [5.41, 5.74) is 7.53. The summed E-state index contributed by atoms with van der Waals surface area (Å²) >= 11 is 0. The molecule has 30 heavy (non-hydrogen) atoms. The summed E-state index contributed by atoms with van der Waals surface area (Å²) in [6.45, 7) is 9.12. The number of hydrogen-bond acceptors (Lipinski definition) is 3. The first-order valence-corrected chi connectivity index (χ1v) is 9.88. The number of benzene rings is 2. The zero-order valence-corrected chi connectivity index (χ0v) is 21.7. The Labute approximate surface area is 200 Å². The molecular formula is C24H32Br2N2O2. The van der Waals surface area contributed by atoms with Crippen LogP contribution in [0.2, 0.25) is 0 Å². The van der Waals surface area contributed by atoms with Gasteiger partial charge in [-0.2, -0.15) is 0 Å². The molecule has 2 N–H and O–H groups in total. The second kappa shape index (κ2) is 10.6. The lowest BCUT2D eigenvalue weighted by Crippen LogP contribution is -2.38. The molecule has 6 heteroatoms. The molecule has 164 valence electrons.